The number of halogens is 2. The van der Waals surface area contributed by atoms with Crippen molar-refractivity contribution in [1.82, 2.24) is 0 Å². The molecule has 0 aliphatic carbocycles. The number of nitrogens with one attached hydrogen (secondary N) is 2. The van der Waals surface area contributed by atoms with Crippen LogP contribution in [0.15, 0.2) is 42.5 Å². The lowest BCUT2D eigenvalue weighted by Gasteiger charge is -2.18. The average Bonchev–Trinajstić information content (AvgIpc) is 2.57. The van der Waals surface area contributed by atoms with E-state index in [9.17, 15) is 18.4 Å². The SMILES string of the molecule is CC(=O)N(C)c1ccc(NC(C)C(=O)Nc2ccc(F)cc2F)cc1. The molecular weight excluding hydrogens is 328 g/mol. The van der Waals surface area contributed by atoms with Crippen LogP contribution in [0.25, 0.3) is 0 Å². The first kappa shape index (κ1) is 18.4. The Labute approximate surface area is 144 Å². The molecule has 0 bridgehead atoms. The number of hydrogen-bond acceptors (Lipinski definition) is 3. The van der Waals surface area contributed by atoms with Crippen LogP contribution < -0.4 is 15.5 Å². The zero-order valence-electron chi connectivity index (χ0n) is 14.1. The molecule has 0 fully saturated rings. The Morgan fingerprint density at radius 3 is 2.28 bits per heavy atom. The number of benzene rings is 2. The van der Waals surface area contributed by atoms with Crippen molar-refractivity contribution in [3.05, 3.63) is 54.1 Å². The maximum Gasteiger partial charge on any atom is 0.246 e. The molecule has 0 radical (unpaired) electrons. The maximum atomic E-state index is 13.6. The third-order valence-corrected chi connectivity index (χ3v) is 3.69. The Bertz CT molecular complexity index is 778. The van der Waals surface area contributed by atoms with E-state index in [1.54, 1.807) is 38.2 Å². The second kappa shape index (κ2) is 7.74. The third-order valence-electron chi connectivity index (χ3n) is 3.69. The van der Waals surface area contributed by atoms with Gasteiger partial charge in [-0.25, -0.2) is 8.78 Å². The summed E-state index contributed by atoms with van der Waals surface area (Å²) in [5.74, 6) is -2.10. The van der Waals surface area contributed by atoms with E-state index in [0.717, 1.165) is 11.8 Å². The first-order chi connectivity index (χ1) is 11.8. The fourth-order valence-corrected chi connectivity index (χ4v) is 2.11. The lowest BCUT2D eigenvalue weighted by molar-refractivity contribution is -0.117. The minimum absolute atomic E-state index is 0.0847. The summed E-state index contributed by atoms with van der Waals surface area (Å²) in [6.07, 6.45) is 0. The molecule has 132 valence electrons. The molecule has 2 rings (SSSR count). The van der Waals surface area contributed by atoms with Crippen molar-refractivity contribution in [2.75, 3.05) is 22.6 Å². The zero-order valence-corrected chi connectivity index (χ0v) is 14.1. The van der Waals surface area contributed by atoms with Crippen molar-refractivity contribution in [2.45, 2.75) is 19.9 Å². The largest absolute Gasteiger partial charge is 0.374 e. The Hall–Kier alpha value is -2.96. The fourth-order valence-electron chi connectivity index (χ4n) is 2.11. The van der Waals surface area contributed by atoms with Crippen LogP contribution in [-0.2, 0) is 9.59 Å². The van der Waals surface area contributed by atoms with Crippen LogP contribution in [0.3, 0.4) is 0 Å². The molecule has 0 spiro atoms. The highest BCUT2D eigenvalue weighted by Gasteiger charge is 2.15. The predicted octanol–water partition coefficient (Wildman–Crippen LogP) is 3.39. The summed E-state index contributed by atoms with van der Waals surface area (Å²) in [6.45, 7) is 3.08. The smallest absolute Gasteiger partial charge is 0.246 e. The van der Waals surface area contributed by atoms with E-state index >= 15 is 0 Å². The van der Waals surface area contributed by atoms with Crippen LogP contribution in [0.4, 0.5) is 25.8 Å². The normalized spacial score (nSPS) is 11.6. The molecule has 1 unspecified atom stereocenters. The van der Waals surface area contributed by atoms with Crippen molar-refractivity contribution in [3.8, 4) is 0 Å². The van der Waals surface area contributed by atoms with Gasteiger partial charge >= 0.3 is 0 Å². The first-order valence-electron chi connectivity index (χ1n) is 7.64. The second-order valence-electron chi connectivity index (χ2n) is 5.60. The van der Waals surface area contributed by atoms with Crippen LogP contribution >= 0.6 is 0 Å². The van der Waals surface area contributed by atoms with Gasteiger partial charge in [0.05, 0.1) is 5.69 Å². The molecule has 0 saturated heterocycles. The first-order valence-corrected chi connectivity index (χ1v) is 7.64. The van der Waals surface area contributed by atoms with Gasteiger partial charge in [-0.05, 0) is 43.3 Å². The number of hydrogen-bond donors (Lipinski definition) is 2. The van der Waals surface area contributed by atoms with Gasteiger partial charge in [-0.2, -0.15) is 0 Å². The zero-order chi connectivity index (χ0) is 18.6. The van der Waals surface area contributed by atoms with Crippen LogP contribution in [0.2, 0.25) is 0 Å². The Morgan fingerprint density at radius 2 is 1.72 bits per heavy atom. The third kappa shape index (κ3) is 4.76. The molecule has 2 aromatic rings. The monoisotopic (exact) mass is 347 g/mol. The van der Waals surface area contributed by atoms with Crippen LogP contribution in [0, 0.1) is 11.6 Å². The predicted molar refractivity (Wildman–Crippen MR) is 93.6 cm³/mol. The van der Waals surface area contributed by atoms with E-state index in [2.05, 4.69) is 10.6 Å². The van der Waals surface area contributed by atoms with Gasteiger partial charge in [0.1, 0.15) is 17.7 Å². The number of rotatable bonds is 5. The molecular formula is C18H19F2N3O2. The Balaban J connectivity index is 2.00. The van der Waals surface area contributed by atoms with Crippen LogP contribution in [0.5, 0.6) is 0 Å². The number of amides is 2. The molecule has 0 heterocycles. The van der Waals surface area contributed by atoms with Gasteiger partial charge in [0, 0.05) is 31.4 Å². The molecule has 0 saturated carbocycles. The highest BCUT2D eigenvalue weighted by Crippen LogP contribution is 2.19. The number of nitrogens with zero attached hydrogens (tertiary/aromatic N) is 1. The minimum Gasteiger partial charge on any atom is -0.374 e. The quantitative estimate of drug-likeness (QED) is 0.872. The summed E-state index contributed by atoms with van der Waals surface area (Å²) in [6, 6.07) is 9.25. The van der Waals surface area contributed by atoms with Gasteiger partial charge in [0.25, 0.3) is 0 Å². The van der Waals surface area contributed by atoms with Crippen molar-refractivity contribution < 1.29 is 18.4 Å². The number of carbonyl (C=O) groups is 2. The van der Waals surface area contributed by atoms with E-state index in [-0.39, 0.29) is 11.6 Å². The van der Waals surface area contributed by atoms with Gasteiger partial charge in [-0.1, -0.05) is 0 Å². The van der Waals surface area contributed by atoms with Gasteiger partial charge in [0.2, 0.25) is 11.8 Å². The highest BCUT2D eigenvalue weighted by molar-refractivity contribution is 5.96. The lowest BCUT2D eigenvalue weighted by atomic mass is 10.2. The topological polar surface area (TPSA) is 61.4 Å². The molecule has 0 aliphatic rings. The second-order valence-corrected chi connectivity index (χ2v) is 5.60. The minimum atomic E-state index is -0.836. The molecule has 2 aromatic carbocycles. The number of anilines is 3. The standard InChI is InChI=1S/C18H19F2N3O2/c1-11(18(25)22-17-9-4-13(19)10-16(17)20)21-14-5-7-15(8-6-14)23(3)12(2)24/h4-11,21H,1-3H3,(H,22,25). The van der Waals surface area contributed by atoms with Gasteiger partial charge in [-0.3, -0.25) is 9.59 Å². The molecule has 7 heteroatoms. The molecule has 25 heavy (non-hydrogen) atoms. The van der Waals surface area contributed by atoms with Gasteiger partial charge in [0.15, 0.2) is 0 Å². The van der Waals surface area contributed by atoms with E-state index in [0.29, 0.717) is 11.8 Å². The van der Waals surface area contributed by atoms with Gasteiger partial charge in [-0.15, -0.1) is 0 Å². The summed E-state index contributed by atoms with van der Waals surface area (Å²) in [5, 5.41) is 5.38. The Kier molecular flexibility index (Phi) is 5.69. The molecule has 0 aliphatic heterocycles. The van der Waals surface area contributed by atoms with Crippen molar-refractivity contribution >= 4 is 28.9 Å². The summed E-state index contributed by atoms with van der Waals surface area (Å²) in [5.41, 5.74) is 1.31. The fraction of sp³-hybridized carbons (Fsp3) is 0.222. The van der Waals surface area contributed by atoms with E-state index < -0.39 is 23.6 Å². The molecule has 2 N–H and O–H groups in total. The maximum absolute atomic E-state index is 13.6. The molecule has 0 aromatic heterocycles. The molecule has 1 atom stereocenters. The molecule has 5 nitrogen and oxygen atoms in total. The molecule has 2 amide bonds. The lowest BCUT2D eigenvalue weighted by Crippen LogP contribution is -2.32. The summed E-state index contributed by atoms with van der Waals surface area (Å²) >= 11 is 0. The summed E-state index contributed by atoms with van der Waals surface area (Å²) < 4.78 is 26.5. The van der Waals surface area contributed by atoms with Crippen molar-refractivity contribution in [3.63, 3.8) is 0 Å². The van der Waals surface area contributed by atoms with Crippen LogP contribution in [0.1, 0.15) is 13.8 Å². The van der Waals surface area contributed by atoms with E-state index in [1.165, 1.54) is 17.9 Å². The van der Waals surface area contributed by atoms with Crippen molar-refractivity contribution in [2.24, 2.45) is 0 Å². The van der Waals surface area contributed by atoms with E-state index in [1.807, 2.05) is 0 Å². The summed E-state index contributed by atoms with van der Waals surface area (Å²) in [4.78, 5) is 25.0. The Morgan fingerprint density at radius 1 is 1.08 bits per heavy atom. The highest BCUT2D eigenvalue weighted by atomic mass is 19.1. The average molecular weight is 347 g/mol. The van der Waals surface area contributed by atoms with Crippen LogP contribution in [-0.4, -0.2) is 24.9 Å². The van der Waals surface area contributed by atoms with E-state index in [4.69, 9.17) is 0 Å². The van der Waals surface area contributed by atoms with Gasteiger partial charge < -0.3 is 15.5 Å². The summed E-state index contributed by atoms with van der Waals surface area (Å²) in [7, 11) is 1.66. The van der Waals surface area contributed by atoms with Crippen molar-refractivity contribution in [1.29, 1.82) is 0 Å². The number of carbonyl (C=O) groups excluding carboxylic acids is 2.